The number of hydrogen-bond acceptors (Lipinski definition) is 5. The fraction of sp³-hybridized carbons (Fsp3) is 0.923. The van der Waals surface area contributed by atoms with E-state index in [0.717, 1.165) is 51.2 Å². The average molecular weight is 272 g/mol. The molecule has 4 nitrogen and oxygen atoms in total. The Labute approximate surface area is 114 Å². The molecule has 1 N–H and O–H groups in total. The average Bonchev–Trinajstić information content (AvgIpc) is 2.68. The van der Waals surface area contributed by atoms with Crippen LogP contribution in [0.1, 0.15) is 26.2 Å². The summed E-state index contributed by atoms with van der Waals surface area (Å²) in [7, 11) is 1.52. The van der Waals surface area contributed by atoms with Crippen LogP contribution >= 0.6 is 11.8 Å². The molecule has 0 aromatic rings. The van der Waals surface area contributed by atoms with Crippen molar-refractivity contribution >= 4 is 17.7 Å². The first-order valence-electron chi connectivity index (χ1n) is 6.87. The molecule has 0 aromatic carbocycles. The maximum absolute atomic E-state index is 12.4. The van der Waals surface area contributed by atoms with Gasteiger partial charge in [-0.3, -0.25) is 9.69 Å². The normalized spacial score (nSPS) is 34.9. The first-order chi connectivity index (χ1) is 8.71. The molecule has 2 unspecified atom stereocenters. The lowest BCUT2D eigenvalue weighted by molar-refractivity contribution is -0.156. The highest BCUT2D eigenvalue weighted by molar-refractivity contribution is 8.00. The first kappa shape index (κ1) is 14.2. The maximum atomic E-state index is 12.4. The summed E-state index contributed by atoms with van der Waals surface area (Å²) < 4.78 is 5.14. The number of hydrogen-bond donors (Lipinski definition) is 1. The van der Waals surface area contributed by atoms with Gasteiger partial charge in [-0.2, -0.15) is 11.8 Å². The lowest BCUT2D eigenvalue weighted by Crippen LogP contribution is -2.62. The van der Waals surface area contributed by atoms with E-state index in [4.69, 9.17) is 4.74 Å². The summed E-state index contributed by atoms with van der Waals surface area (Å²) in [6.07, 6.45) is 3.15. The van der Waals surface area contributed by atoms with Gasteiger partial charge in [0.05, 0.1) is 7.11 Å². The summed E-state index contributed by atoms with van der Waals surface area (Å²) in [6.45, 7) is 6.14. The minimum Gasteiger partial charge on any atom is -0.468 e. The van der Waals surface area contributed by atoms with Crippen molar-refractivity contribution in [2.75, 3.05) is 39.0 Å². The second-order valence-electron chi connectivity index (χ2n) is 5.12. The van der Waals surface area contributed by atoms with Gasteiger partial charge in [0.15, 0.2) is 0 Å². The third-order valence-corrected chi connectivity index (χ3v) is 5.60. The van der Waals surface area contributed by atoms with Gasteiger partial charge in [-0.1, -0.05) is 6.92 Å². The standard InChI is InChI=1S/C13H24N2O2S/c1-11-13(12(16)17-2,5-3-10-18-11)15-8-4-6-14-7-9-15/h11,14H,3-10H2,1-2H3. The molecule has 0 bridgehead atoms. The molecule has 2 aliphatic rings. The fourth-order valence-corrected chi connectivity index (χ4v) is 4.48. The summed E-state index contributed by atoms with van der Waals surface area (Å²) >= 11 is 1.91. The number of esters is 1. The predicted molar refractivity (Wildman–Crippen MR) is 75.0 cm³/mol. The van der Waals surface area contributed by atoms with Gasteiger partial charge in [0.25, 0.3) is 0 Å². The van der Waals surface area contributed by atoms with Crippen LogP contribution in [0.15, 0.2) is 0 Å². The lowest BCUT2D eigenvalue weighted by Gasteiger charge is -2.47. The van der Waals surface area contributed by atoms with Crippen LogP contribution in [0.3, 0.4) is 0 Å². The summed E-state index contributed by atoms with van der Waals surface area (Å²) in [5.74, 6) is 1.12. The van der Waals surface area contributed by atoms with E-state index in [1.165, 1.54) is 7.11 Å². The molecule has 0 aliphatic carbocycles. The van der Waals surface area contributed by atoms with E-state index in [2.05, 4.69) is 17.1 Å². The lowest BCUT2D eigenvalue weighted by atomic mass is 9.87. The molecule has 0 saturated carbocycles. The van der Waals surface area contributed by atoms with Crippen LogP contribution in [0.2, 0.25) is 0 Å². The van der Waals surface area contributed by atoms with Gasteiger partial charge in [-0.15, -0.1) is 0 Å². The summed E-state index contributed by atoms with van der Waals surface area (Å²) in [6, 6.07) is 0. The summed E-state index contributed by atoms with van der Waals surface area (Å²) in [5.41, 5.74) is -0.399. The minimum absolute atomic E-state index is 0.0379. The Morgan fingerprint density at radius 1 is 1.39 bits per heavy atom. The second kappa shape index (κ2) is 6.26. The minimum atomic E-state index is -0.399. The van der Waals surface area contributed by atoms with Crippen molar-refractivity contribution in [1.29, 1.82) is 0 Å². The van der Waals surface area contributed by atoms with Gasteiger partial charge in [0.1, 0.15) is 5.54 Å². The van der Waals surface area contributed by atoms with Crippen molar-refractivity contribution in [3.05, 3.63) is 0 Å². The van der Waals surface area contributed by atoms with Crippen LogP contribution in [0.4, 0.5) is 0 Å². The van der Waals surface area contributed by atoms with Crippen LogP contribution in [-0.4, -0.2) is 60.7 Å². The molecular formula is C13H24N2O2S. The van der Waals surface area contributed by atoms with Crippen LogP contribution in [-0.2, 0) is 9.53 Å². The molecule has 2 fully saturated rings. The first-order valence-corrected chi connectivity index (χ1v) is 7.92. The summed E-state index contributed by atoms with van der Waals surface area (Å²) in [4.78, 5) is 14.8. The van der Waals surface area contributed by atoms with E-state index in [1.54, 1.807) is 0 Å². The molecule has 2 atom stereocenters. The van der Waals surface area contributed by atoms with E-state index in [0.29, 0.717) is 5.25 Å². The van der Waals surface area contributed by atoms with E-state index < -0.39 is 5.54 Å². The van der Waals surface area contributed by atoms with Crippen LogP contribution in [0.5, 0.6) is 0 Å². The van der Waals surface area contributed by atoms with Gasteiger partial charge in [-0.25, -0.2) is 0 Å². The number of methoxy groups -OCH3 is 1. The maximum Gasteiger partial charge on any atom is 0.327 e. The monoisotopic (exact) mass is 272 g/mol. The molecule has 2 heterocycles. The molecule has 2 saturated heterocycles. The number of nitrogens with one attached hydrogen (secondary N) is 1. The third kappa shape index (κ3) is 2.53. The molecule has 2 rings (SSSR count). The second-order valence-corrected chi connectivity index (χ2v) is 6.57. The van der Waals surface area contributed by atoms with Gasteiger partial charge < -0.3 is 10.1 Å². The quantitative estimate of drug-likeness (QED) is 0.763. The van der Waals surface area contributed by atoms with Gasteiger partial charge in [-0.05, 0) is 31.6 Å². The zero-order valence-corrected chi connectivity index (χ0v) is 12.2. The van der Waals surface area contributed by atoms with Crippen molar-refractivity contribution in [2.45, 2.75) is 37.0 Å². The molecule has 0 amide bonds. The number of thioether (sulfide) groups is 1. The van der Waals surface area contributed by atoms with Crippen LogP contribution in [0.25, 0.3) is 0 Å². The number of carbonyl (C=O) groups is 1. The smallest absolute Gasteiger partial charge is 0.327 e. The molecule has 0 aromatic heterocycles. The number of carbonyl (C=O) groups excluding carboxylic acids is 1. The Hall–Kier alpha value is -0.260. The molecule has 2 aliphatic heterocycles. The van der Waals surface area contributed by atoms with E-state index >= 15 is 0 Å². The topological polar surface area (TPSA) is 41.6 Å². The van der Waals surface area contributed by atoms with E-state index in [9.17, 15) is 4.79 Å². The molecule has 0 radical (unpaired) electrons. The zero-order valence-electron chi connectivity index (χ0n) is 11.4. The third-order valence-electron chi connectivity index (χ3n) is 4.19. The predicted octanol–water partition coefficient (Wildman–Crippen LogP) is 1.11. The Balaban J connectivity index is 2.24. The Morgan fingerprint density at radius 3 is 2.94 bits per heavy atom. The van der Waals surface area contributed by atoms with Crippen molar-refractivity contribution < 1.29 is 9.53 Å². The number of rotatable bonds is 2. The van der Waals surface area contributed by atoms with E-state index in [1.807, 2.05) is 11.8 Å². The summed E-state index contributed by atoms with van der Waals surface area (Å²) in [5, 5.41) is 3.72. The molecule has 18 heavy (non-hydrogen) atoms. The van der Waals surface area contributed by atoms with Crippen molar-refractivity contribution in [3.8, 4) is 0 Å². The molecule has 5 heteroatoms. The highest BCUT2D eigenvalue weighted by atomic mass is 32.2. The Kier molecular flexibility index (Phi) is 4.92. The van der Waals surface area contributed by atoms with Crippen LogP contribution in [0, 0.1) is 0 Å². The van der Waals surface area contributed by atoms with Crippen LogP contribution < -0.4 is 5.32 Å². The molecule has 0 spiro atoms. The fourth-order valence-electron chi connectivity index (χ4n) is 3.18. The van der Waals surface area contributed by atoms with E-state index in [-0.39, 0.29) is 5.97 Å². The molecule has 104 valence electrons. The van der Waals surface area contributed by atoms with Crippen molar-refractivity contribution in [3.63, 3.8) is 0 Å². The van der Waals surface area contributed by atoms with Gasteiger partial charge in [0.2, 0.25) is 0 Å². The molecular weight excluding hydrogens is 248 g/mol. The Morgan fingerprint density at radius 2 is 2.22 bits per heavy atom. The number of ether oxygens (including phenoxy) is 1. The SMILES string of the molecule is COC(=O)C1(N2CCCNCC2)CCCSC1C. The highest BCUT2D eigenvalue weighted by Crippen LogP contribution is 2.39. The van der Waals surface area contributed by atoms with Gasteiger partial charge >= 0.3 is 5.97 Å². The van der Waals surface area contributed by atoms with Gasteiger partial charge in [0, 0.05) is 24.9 Å². The largest absolute Gasteiger partial charge is 0.468 e. The van der Waals surface area contributed by atoms with Crippen molar-refractivity contribution in [1.82, 2.24) is 10.2 Å². The van der Waals surface area contributed by atoms with Crippen molar-refractivity contribution in [2.24, 2.45) is 0 Å². The Bertz CT molecular complexity index is 293. The zero-order chi connectivity index (χ0) is 13.0. The number of nitrogens with zero attached hydrogens (tertiary/aromatic N) is 1. The highest BCUT2D eigenvalue weighted by Gasteiger charge is 2.50.